The topological polar surface area (TPSA) is 20.2 Å². The van der Waals surface area contributed by atoms with Crippen molar-refractivity contribution < 1.29 is 26.6 Å². The average molecular weight is 437 g/mol. The lowest BCUT2D eigenvalue weighted by atomic mass is 10.1. The van der Waals surface area contributed by atoms with Gasteiger partial charge >= 0.3 is 0 Å². The number of hydrogen-bond donors (Lipinski definition) is 1. The van der Waals surface area contributed by atoms with Crippen LogP contribution in [0.15, 0.2) is 0 Å². The number of aliphatic hydroxyl groups is 1. The molecule has 0 heterocycles. The fourth-order valence-corrected chi connectivity index (χ4v) is 3.83. The largest absolute Gasteiger partial charge is 1.00 e. The van der Waals surface area contributed by atoms with Crippen LogP contribution in [0.3, 0.4) is 0 Å². The average Bonchev–Trinajstić information content (AvgIpc) is 2.60. The van der Waals surface area contributed by atoms with E-state index in [1.54, 1.807) is 0 Å². The monoisotopic (exact) mass is 435 g/mol. The fourth-order valence-electron chi connectivity index (χ4n) is 3.83. The van der Waals surface area contributed by atoms with Crippen LogP contribution in [0.2, 0.25) is 0 Å². The Labute approximate surface area is 176 Å². The molecule has 0 aliphatic rings. The van der Waals surface area contributed by atoms with Gasteiger partial charge in [0.15, 0.2) is 0 Å². The Kier molecular flexibility index (Phi) is 23.9. The molecule has 0 amide bonds. The van der Waals surface area contributed by atoms with Crippen LogP contribution in [0.25, 0.3) is 0 Å². The summed E-state index contributed by atoms with van der Waals surface area (Å²) >= 11 is 0. The molecule has 0 rings (SSSR count). The molecule has 2 nitrogen and oxygen atoms in total. The predicted molar refractivity (Wildman–Crippen MR) is 113 cm³/mol. The molecule has 0 aromatic heterocycles. The summed E-state index contributed by atoms with van der Waals surface area (Å²) in [6.45, 7) is 8.36. The van der Waals surface area contributed by atoms with Crippen LogP contribution in [0.4, 0.5) is 0 Å². The minimum Gasteiger partial charge on any atom is -1.00 e. The summed E-state index contributed by atoms with van der Waals surface area (Å²) in [7, 11) is 2.36. The summed E-state index contributed by atoms with van der Waals surface area (Å²) in [5.74, 6) is 0. The smallest absolute Gasteiger partial charge is 0.102 e. The Hall–Kier alpha value is 0.400. The third kappa shape index (κ3) is 19.2. The van der Waals surface area contributed by atoms with Crippen molar-refractivity contribution in [1.82, 2.24) is 0 Å². The van der Waals surface area contributed by atoms with E-state index >= 15 is 0 Å². The maximum atomic E-state index is 9.43. The van der Waals surface area contributed by atoms with Gasteiger partial charge in [0, 0.05) is 0 Å². The van der Waals surface area contributed by atoms with E-state index in [9.17, 15) is 5.11 Å². The molecule has 1 N–H and O–H groups in total. The summed E-state index contributed by atoms with van der Waals surface area (Å²) < 4.78 is 1.09. The van der Waals surface area contributed by atoms with Gasteiger partial charge < -0.3 is 26.6 Å². The number of halogens is 1. The summed E-state index contributed by atoms with van der Waals surface area (Å²) in [5.41, 5.74) is 0. The first-order valence-electron chi connectivity index (χ1n) is 11.6. The Morgan fingerprint density at radius 2 is 0.808 bits per heavy atom. The van der Waals surface area contributed by atoms with Crippen molar-refractivity contribution in [2.75, 3.05) is 33.3 Å². The lowest BCUT2D eigenvalue weighted by Gasteiger charge is -2.34. The first-order valence-corrected chi connectivity index (χ1v) is 11.6. The Morgan fingerprint density at radius 1 is 0.500 bits per heavy atom. The van der Waals surface area contributed by atoms with E-state index in [4.69, 9.17) is 0 Å². The second-order valence-corrected chi connectivity index (χ2v) is 8.46. The van der Waals surface area contributed by atoms with Crippen LogP contribution < -0.4 is 17.0 Å². The lowest BCUT2D eigenvalue weighted by Crippen LogP contribution is -3.00. The number of unbranched alkanes of at least 4 members (excludes halogenated alkanes) is 14. The minimum absolute atomic E-state index is 0. The van der Waals surface area contributed by atoms with E-state index in [-0.39, 0.29) is 17.0 Å². The van der Waals surface area contributed by atoms with Crippen molar-refractivity contribution in [3.63, 3.8) is 0 Å². The molecule has 0 spiro atoms. The van der Waals surface area contributed by atoms with Gasteiger partial charge in [0.2, 0.25) is 0 Å². The maximum absolute atomic E-state index is 9.43. The molecule has 0 fully saturated rings. The zero-order valence-electron chi connectivity index (χ0n) is 18.4. The number of nitrogens with zero attached hydrogens (tertiary/aromatic N) is 1. The summed E-state index contributed by atoms with van der Waals surface area (Å²) in [5, 5.41) is 9.43. The van der Waals surface area contributed by atoms with Crippen LogP contribution in [0.5, 0.6) is 0 Å². The van der Waals surface area contributed by atoms with Gasteiger partial charge in [0.25, 0.3) is 0 Å². The molecule has 26 heavy (non-hydrogen) atoms. The molecule has 0 saturated heterocycles. The van der Waals surface area contributed by atoms with Crippen molar-refractivity contribution in [2.24, 2.45) is 0 Å². The number of likely N-dealkylation sites (N-methyl/N-ethyl adjacent to an activating group) is 1. The van der Waals surface area contributed by atoms with E-state index in [0.717, 1.165) is 11.0 Å². The minimum atomic E-state index is 0. The quantitative estimate of drug-likeness (QED) is 0.228. The highest BCUT2D eigenvalue weighted by Crippen LogP contribution is 2.14. The van der Waals surface area contributed by atoms with Crippen molar-refractivity contribution >= 4 is 0 Å². The molecule has 0 aromatic rings. The summed E-state index contributed by atoms with van der Waals surface area (Å²) in [4.78, 5) is 0. The van der Waals surface area contributed by atoms with E-state index < -0.39 is 0 Å². The highest BCUT2D eigenvalue weighted by atomic mass is 79.9. The Bertz CT molecular complexity index is 241. The van der Waals surface area contributed by atoms with Gasteiger partial charge in [0.1, 0.15) is 6.54 Å². The van der Waals surface area contributed by atoms with Gasteiger partial charge in [-0.3, -0.25) is 0 Å². The third-order valence-electron chi connectivity index (χ3n) is 5.74. The predicted octanol–water partition coefficient (Wildman–Crippen LogP) is 3.71. The highest BCUT2D eigenvalue weighted by Gasteiger charge is 2.19. The lowest BCUT2D eigenvalue weighted by molar-refractivity contribution is -0.910. The van der Waals surface area contributed by atoms with Crippen molar-refractivity contribution in [3.8, 4) is 0 Å². The van der Waals surface area contributed by atoms with Crippen LogP contribution in [-0.4, -0.2) is 42.9 Å². The molecule has 3 heteroatoms. The third-order valence-corrected chi connectivity index (χ3v) is 5.74. The van der Waals surface area contributed by atoms with E-state index in [1.165, 1.54) is 116 Å². The number of hydrogen-bond acceptors (Lipinski definition) is 1. The van der Waals surface area contributed by atoms with Crippen LogP contribution in [0, 0.1) is 0 Å². The second kappa shape index (κ2) is 21.7. The number of quaternary nitrogens is 1. The first kappa shape index (κ1) is 28.6. The van der Waals surface area contributed by atoms with Gasteiger partial charge in [-0.15, -0.1) is 0 Å². The van der Waals surface area contributed by atoms with Crippen molar-refractivity contribution in [1.29, 1.82) is 0 Å². The SMILES string of the molecule is CCCCCCCCCC[N+](C)(CCO)CCCCCCCCCC.[Br-]. The van der Waals surface area contributed by atoms with Gasteiger partial charge in [-0.25, -0.2) is 0 Å². The van der Waals surface area contributed by atoms with Gasteiger partial charge in [-0.2, -0.15) is 0 Å². The molecule has 0 bridgehead atoms. The number of rotatable bonds is 20. The molecule has 160 valence electrons. The second-order valence-electron chi connectivity index (χ2n) is 8.46. The van der Waals surface area contributed by atoms with Crippen LogP contribution in [0.1, 0.15) is 117 Å². The van der Waals surface area contributed by atoms with Crippen LogP contribution in [-0.2, 0) is 0 Å². The molecule has 0 unspecified atom stereocenters. The van der Waals surface area contributed by atoms with Gasteiger partial charge in [0.05, 0.1) is 26.7 Å². The molecule has 0 aromatic carbocycles. The first-order chi connectivity index (χ1) is 12.2. The van der Waals surface area contributed by atoms with Crippen molar-refractivity contribution in [3.05, 3.63) is 0 Å². The normalized spacial score (nSPS) is 11.5. The van der Waals surface area contributed by atoms with Crippen LogP contribution >= 0.6 is 0 Å². The zero-order valence-corrected chi connectivity index (χ0v) is 20.0. The standard InChI is InChI=1S/C23H50NO.BrH/c1-4-6-8-10-12-14-16-18-20-24(3,22-23-25)21-19-17-15-13-11-9-7-5-2;/h25H,4-23H2,1-3H3;1H/q+1;/p-1. The molecular weight excluding hydrogens is 386 g/mol. The van der Waals surface area contributed by atoms with E-state index in [1.807, 2.05) is 0 Å². The molecule has 0 atom stereocenters. The van der Waals surface area contributed by atoms with E-state index in [0.29, 0.717) is 6.61 Å². The van der Waals surface area contributed by atoms with E-state index in [2.05, 4.69) is 20.9 Å². The molecule has 0 radical (unpaired) electrons. The Balaban J connectivity index is 0. The Morgan fingerprint density at radius 3 is 1.12 bits per heavy atom. The zero-order chi connectivity index (χ0) is 18.6. The summed E-state index contributed by atoms with van der Waals surface area (Å²) in [6, 6.07) is 0. The van der Waals surface area contributed by atoms with Gasteiger partial charge in [-0.1, -0.05) is 90.9 Å². The molecular formula is C23H50BrNO. The molecule has 0 saturated carbocycles. The van der Waals surface area contributed by atoms with Gasteiger partial charge in [-0.05, 0) is 25.7 Å². The summed E-state index contributed by atoms with van der Waals surface area (Å²) in [6.07, 6.45) is 22.3. The van der Waals surface area contributed by atoms with Crippen molar-refractivity contribution in [2.45, 2.75) is 117 Å². The number of aliphatic hydroxyl groups excluding tert-OH is 1. The maximum Gasteiger partial charge on any atom is 0.102 e. The molecule has 0 aliphatic carbocycles. The highest BCUT2D eigenvalue weighted by molar-refractivity contribution is 4.50. The molecule has 0 aliphatic heterocycles. The fraction of sp³-hybridized carbons (Fsp3) is 1.00.